The molecule has 3 heteroatoms. The maximum absolute atomic E-state index is 2.49. The van der Waals surface area contributed by atoms with Crippen LogP contribution in [0.5, 0.6) is 0 Å². The molecular weight excluding hydrogens is 607 g/mol. The Bertz CT molecular complexity index is 2690. The lowest BCUT2D eigenvalue weighted by Gasteiger charge is -2.27. The van der Waals surface area contributed by atoms with Crippen LogP contribution in [0.3, 0.4) is 0 Å². The fourth-order valence-electron chi connectivity index (χ4n) is 7.38. The first-order valence-corrected chi connectivity index (χ1v) is 17.6. The van der Waals surface area contributed by atoms with Crippen molar-refractivity contribution in [3.8, 4) is 11.1 Å². The molecule has 8 aromatic carbocycles. The summed E-state index contributed by atoms with van der Waals surface area (Å²) >= 11 is 3.74. The van der Waals surface area contributed by atoms with Crippen molar-refractivity contribution in [3.63, 3.8) is 0 Å². The number of nitrogens with zero attached hydrogens (tertiary/aromatic N) is 1. The average molecular weight is 634 g/mol. The molecular formula is C44H27NS2. The highest BCUT2D eigenvalue weighted by Gasteiger charge is 2.22. The monoisotopic (exact) mass is 633 g/mol. The topological polar surface area (TPSA) is 3.24 Å². The molecule has 0 atom stereocenters. The van der Waals surface area contributed by atoms with Crippen molar-refractivity contribution < 1.29 is 0 Å². The third kappa shape index (κ3) is 4.14. The van der Waals surface area contributed by atoms with Gasteiger partial charge in [-0.1, -0.05) is 109 Å². The van der Waals surface area contributed by atoms with Crippen molar-refractivity contribution in [2.45, 2.75) is 0 Å². The summed E-state index contributed by atoms with van der Waals surface area (Å²) < 4.78 is 5.23. The van der Waals surface area contributed by atoms with Gasteiger partial charge in [-0.25, -0.2) is 0 Å². The number of rotatable bonds is 4. The summed E-state index contributed by atoms with van der Waals surface area (Å²) in [6, 6.07) is 60.2. The van der Waals surface area contributed by atoms with E-state index in [0.717, 1.165) is 5.69 Å². The molecule has 0 aliphatic carbocycles. The fraction of sp³-hybridized carbons (Fsp3) is 0. The normalized spacial score (nSPS) is 11.8. The summed E-state index contributed by atoms with van der Waals surface area (Å²) in [6.07, 6.45) is 0. The van der Waals surface area contributed by atoms with E-state index in [9.17, 15) is 0 Å². The summed E-state index contributed by atoms with van der Waals surface area (Å²) in [6.45, 7) is 0. The highest BCUT2D eigenvalue weighted by molar-refractivity contribution is 7.26. The predicted molar refractivity (Wildman–Crippen MR) is 207 cm³/mol. The van der Waals surface area contributed by atoms with Gasteiger partial charge in [-0.2, -0.15) is 0 Å². The second kappa shape index (κ2) is 10.5. The second-order valence-electron chi connectivity index (χ2n) is 12.1. The first-order valence-electron chi connectivity index (χ1n) is 15.9. The molecule has 0 aliphatic rings. The molecule has 0 spiro atoms. The molecule has 0 fully saturated rings. The van der Waals surface area contributed by atoms with Gasteiger partial charge in [0.15, 0.2) is 0 Å². The number of hydrogen-bond donors (Lipinski definition) is 0. The van der Waals surface area contributed by atoms with Crippen molar-refractivity contribution in [2.24, 2.45) is 0 Å². The van der Waals surface area contributed by atoms with Gasteiger partial charge in [-0.3, -0.25) is 0 Å². The van der Waals surface area contributed by atoms with Gasteiger partial charge in [0.05, 0.1) is 11.4 Å². The fourth-order valence-corrected chi connectivity index (χ4v) is 9.63. The minimum Gasteiger partial charge on any atom is -0.309 e. The van der Waals surface area contributed by atoms with E-state index in [1.54, 1.807) is 0 Å². The van der Waals surface area contributed by atoms with Gasteiger partial charge in [-0.05, 0) is 87.3 Å². The molecule has 10 rings (SSSR count). The Morgan fingerprint density at radius 2 is 0.851 bits per heavy atom. The number of hydrogen-bond acceptors (Lipinski definition) is 3. The Morgan fingerprint density at radius 1 is 0.362 bits per heavy atom. The Labute approximate surface area is 280 Å². The zero-order valence-corrected chi connectivity index (χ0v) is 27.0. The molecule has 0 amide bonds. The summed E-state index contributed by atoms with van der Waals surface area (Å²) in [5, 5.41) is 10.3. The van der Waals surface area contributed by atoms with Crippen LogP contribution in [-0.4, -0.2) is 0 Å². The lowest BCUT2D eigenvalue weighted by Crippen LogP contribution is -2.10. The van der Waals surface area contributed by atoms with Gasteiger partial charge in [0.2, 0.25) is 0 Å². The van der Waals surface area contributed by atoms with E-state index in [-0.39, 0.29) is 0 Å². The number of fused-ring (bicyclic) bond motifs is 9. The first kappa shape index (κ1) is 26.7. The van der Waals surface area contributed by atoms with Crippen molar-refractivity contribution in [3.05, 3.63) is 164 Å². The smallest absolute Gasteiger partial charge is 0.0555 e. The highest BCUT2D eigenvalue weighted by atomic mass is 32.1. The maximum Gasteiger partial charge on any atom is 0.0555 e. The lowest BCUT2D eigenvalue weighted by atomic mass is 9.93. The van der Waals surface area contributed by atoms with Crippen LogP contribution in [0.2, 0.25) is 0 Å². The van der Waals surface area contributed by atoms with Gasteiger partial charge in [0.25, 0.3) is 0 Å². The van der Waals surface area contributed by atoms with Crippen molar-refractivity contribution in [2.75, 3.05) is 4.90 Å². The van der Waals surface area contributed by atoms with E-state index >= 15 is 0 Å². The molecule has 0 saturated carbocycles. The number of thiophene rings is 2. The minimum atomic E-state index is 1.14. The van der Waals surface area contributed by atoms with Crippen LogP contribution in [0.15, 0.2) is 164 Å². The average Bonchev–Trinajstić information content (AvgIpc) is 3.71. The summed E-state index contributed by atoms with van der Waals surface area (Å²) in [5.41, 5.74) is 6.02. The van der Waals surface area contributed by atoms with E-state index in [1.807, 2.05) is 22.7 Å². The Morgan fingerprint density at radius 3 is 1.47 bits per heavy atom. The van der Waals surface area contributed by atoms with Crippen LogP contribution in [-0.2, 0) is 0 Å². The SMILES string of the molecule is c1ccc2c(c1)cc(-c1ccc(N(c3cccc4sc5ccccc5c34)c3cccc4sc5ccccc5c34)cc1)c1ccccc12. The lowest BCUT2D eigenvalue weighted by molar-refractivity contribution is 1.32. The number of anilines is 3. The van der Waals surface area contributed by atoms with Gasteiger partial charge < -0.3 is 4.90 Å². The van der Waals surface area contributed by atoms with E-state index in [0.29, 0.717) is 0 Å². The van der Waals surface area contributed by atoms with E-state index in [4.69, 9.17) is 0 Å². The van der Waals surface area contributed by atoms with Crippen molar-refractivity contribution >= 4 is 102 Å². The molecule has 47 heavy (non-hydrogen) atoms. The molecule has 2 aromatic heterocycles. The standard InChI is InChI=1S/C44H27NS2/c1-2-12-31-29(11-1)27-36(33-14-4-3-13-32(31)33)28-23-25-30(26-24-28)45(37-17-9-21-41-43(37)34-15-5-7-19-39(34)46-41)38-18-10-22-42-44(38)35-16-6-8-20-40(35)47-42/h1-27H. The van der Waals surface area contributed by atoms with E-state index in [2.05, 4.69) is 169 Å². The maximum atomic E-state index is 2.49. The van der Waals surface area contributed by atoms with Gasteiger partial charge in [0, 0.05) is 46.0 Å². The molecule has 220 valence electrons. The molecule has 0 N–H and O–H groups in total. The van der Waals surface area contributed by atoms with Crippen LogP contribution in [0.25, 0.3) is 73.0 Å². The molecule has 2 heterocycles. The molecule has 1 nitrogen and oxygen atoms in total. The Kier molecular flexibility index (Phi) is 5.98. The van der Waals surface area contributed by atoms with Crippen LogP contribution in [0.1, 0.15) is 0 Å². The Hall–Kier alpha value is -5.48. The van der Waals surface area contributed by atoms with E-state index < -0.39 is 0 Å². The molecule has 10 aromatic rings. The molecule has 0 bridgehead atoms. The number of benzene rings is 8. The molecule has 0 unspecified atom stereocenters. The van der Waals surface area contributed by atoms with Gasteiger partial charge in [-0.15, -0.1) is 22.7 Å². The van der Waals surface area contributed by atoms with Crippen molar-refractivity contribution in [1.29, 1.82) is 0 Å². The molecule has 0 saturated heterocycles. The van der Waals surface area contributed by atoms with Crippen LogP contribution in [0, 0.1) is 0 Å². The Balaban J connectivity index is 1.23. The second-order valence-corrected chi connectivity index (χ2v) is 14.2. The van der Waals surface area contributed by atoms with Crippen LogP contribution in [0.4, 0.5) is 17.1 Å². The predicted octanol–water partition coefficient (Wildman–Crippen LogP) is 13.9. The van der Waals surface area contributed by atoms with Crippen LogP contribution < -0.4 is 4.90 Å². The van der Waals surface area contributed by atoms with Crippen LogP contribution >= 0.6 is 22.7 Å². The first-order chi connectivity index (χ1) is 23.3. The van der Waals surface area contributed by atoms with Gasteiger partial charge >= 0.3 is 0 Å². The van der Waals surface area contributed by atoms with E-state index in [1.165, 1.54) is 84.4 Å². The zero-order valence-electron chi connectivity index (χ0n) is 25.4. The summed E-state index contributed by atoms with van der Waals surface area (Å²) in [5.74, 6) is 0. The van der Waals surface area contributed by atoms with Gasteiger partial charge in [0.1, 0.15) is 0 Å². The largest absolute Gasteiger partial charge is 0.309 e. The third-order valence-electron chi connectivity index (χ3n) is 9.45. The summed E-state index contributed by atoms with van der Waals surface area (Å²) in [7, 11) is 0. The quantitative estimate of drug-likeness (QED) is 0.174. The molecule has 0 radical (unpaired) electrons. The minimum absolute atomic E-state index is 1.14. The third-order valence-corrected chi connectivity index (χ3v) is 11.7. The van der Waals surface area contributed by atoms with Crippen molar-refractivity contribution in [1.82, 2.24) is 0 Å². The highest BCUT2D eigenvalue weighted by Crippen LogP contribution is 2.49. The zero-order chi connectivity index (χ0) is 30.9. The molecule has 0 aliphatic heterocycles. The summed E-state index contributed by atoms with van der Waals surface area (Å²) in [4.78, 5) is 2.49.